The number of nitrogens with zero attached hydrogens (tertiary/aromatic N) is 2. The summed E-state index contributed by atoms with van der Waals surface area (Å²) in [6, 6.07) is 5.26. The molecule has 0 fully saturated rings. The lowest BCUT2D eigenvalue weighted by atomic mass is 10.3. The molecule has 0 aliphatic heterocycles. The molecule has 1 aromatic rings. The Kier molecular flexibility index (Phi) is 3.05. The van der Waals surface area contributed by atoms with E-state index < -0.39 is 0 Å². The number of hydrogen-bond acceptors (Lipinski definition) is 4. The van der Waals surface area contributed by atoms with Crippen LogP contribution in [0.5, 0.6) is 0 Å². The lowest BCUT2D eigenvalue weighted by Gasteiger charge is -2.01. The number of pyridine rings is 1. The normalized spacial score (nSPS) is 9.00. The summed E-state index contributed by atoms with van der Waals surface area (Å²) >= 11 is 0. The van der Waals surface area contributed by atoms with Crippen LogP contribution in [0, 0.1) is 11.3 Å². The monoisotopic (exact) mass is 163 g/mol. The Morgan fingerprint density at radius 1 is 1.67 bits per heavy atom. The maximum Gasteiger partial charge on any atom is 0.127 e. The quantitative estimate of drug-likeness (QED) is 0.675. The zero-order chi connectivity index (χ0) is 8.81. The van der Waals surface area contributed by atoms with Crippen LogP contribution in [0.25, 0.3) is 0 Å². The fourth-order valence-corrected chi connectivity index (χ4v) is 0.781. The molecule has 0 atom stereocenters. The van der Waals surface area contributed by atoms with E-state index in [4.69, 9.17) is 10.4 Å². The molecule has 62 valence electrons. The maximum absolute atomic E-state index is 8.53. The molecule has 1 heterocycles. The SMILES string of the molecule is N#Cc1ccnc(NCCO)c1. The molecular weight excluding hydrogens is 154 g/mol. The van der Waals surface area contributed by atoms with Gasteiger partial charge in [0.2, 0.25) is 0 Å². The predicted molar refractivity (Wildman–Crippen MR) is 44.5 cm³/mol. The van der Waals surface area contributed by atoms with Gasteiger partial charge in [-0.1, -0.05) is 0 Å². The number of anilines is 1. The molecule has 12 heavy (non-hydrogen) atoms. The largest absolute Gasteiger partial charge is 0.395 e. The second kappa shape index (κ2) is 4.31. The average Bonchev–Trinajstić information content (AvgIpc) is 2.15. The van der Waals surface area contributed by atoms with Crippen molar-refractivity contribution in [1.82, 2.24) is 4.98 Å². The van der Waals surface area contributed by atoms with Crippen molar-refractivity contribution in [2.45, 2.75) is 0 Å². The van der Waals surface area contributed by atoms with Crippen LogP contribution in [0.2, 0.25) is 0 Å². The van der Waals surface area contributed by atoms with Crippen LogP contribution < -0.4 is 5.32 Å². The van der Waals surface area contributed by atoms with Crippen molar-refractivity contribution in [3.05, 3.63) is 23.9 Å². The van der Waals surface area contributed by atoms with E-state index in [1.165, 1.54) is 0 Å². The van der Waals surface area contributed by atoms with Crippen LogP contribution in [0.1, 0.15) is 5.56 Å². The highest BCUT2D eigenvalue weighted by atomic mass is 16.3. The van der Waals surface area contributed by atoms with Crippen LogP contribution >= 0.6 is 0 Å². The molecule has 0 spiro atoms. The first-order valence-corrected chi connectivity index (χ1v) is 3.57. The van der Waals surface area contributed by atoms with Crippen molar-refractivity contribution in [2.75, 3.05) is 18.5 Å². The van der Waals surface area contributed by atoms with Gasteiger partial charge in [0.15, 0.2) is 0 Å². The summed E-state index contributed by atoms with van der Waals surface area (Å²) in [5.74, 6) is 0.614. The summed E-state index contributed by atoms with van der Waals surface area (Å²) in [4.78, 5) is 3.95. The van der Waals surface area contributed by atoms with Crippen LogP contribution in [-0.4, -0.2) is 23.2 Å². The molecule has 0 saturated heterocycles. The summed E-state index contributed by atoms with van der Waals surface area (Å²) in [5.41, 5.74) is 0.561. The summed E-state index contributed by atoms with van der Waals surface area (Å²) < 4.78 is 0. The smallest absolute Gasteiger partial charge is 0.127 e. The molecule has 0 unspecified atom stereocenters. The van der Waals surface area contributed by atoms with Gasteiger partial charge in [-0.15, -0.1) is 0 Å². The molecule has 0 radical (unpaired) electrons. The van der Waals surface area contributed by atoms with Crippen molar-refractivity contribution in [3.63, 3.8) is 0 Å². The van der Waals surface area contributed by atoms with E-state index in [9.17, 15) is 0 Å². The Hall–Kier alpha value is -1.60. The number of aliphatic hydroxyl groups excluding tert-OH is 1. The molecule has 0 aliphatic rings. The first kappa shape index (κ1) is 8.50. The molecule has 4 heteroatoms. The molecule has 2 N–H and O–H groups in total. The Labute approximate surface area is 70.5 Å². The minimum absolute atomic E-state index is 0.0540. The second-order valence-electron chi connectivity index (χ2n) is 2.19. The van der Waals surface area contributed by atoms with Crippen LogP contribution in [0.4, 0.5) is 5.82 Å². The van der Waals surface area contributed by atoms with Gasteiger partial charge >= 0.3 is 0 Å². The minimum atomic E-state index is 0.0540. The van der Waals surface area contributed by atoms with Gasteiger partial charge in [-0.25, -0.2) is 4.98 Å². The Bertz CT molecular complexity index is 293. The predicted octanol–water partition coefficient (Wildman–Crippen LogP) is 0.357. The van der Waals surface area contributed by atoms with E-state index in [0.717, 1.165) is 0 Å². The van der Waals surface area contributed by atoms with E-state index in [1.54, 1.807) is 18.3 Å². The number of nitriles is 1. The fraction of sp³-hybridized carbons (Fsp3) is 0.250. The van der Waals surface area contributed by atoms with Crippen LogP contribution in [0.3, 0.4) is 0 Å². The zero-order valence-corrected chi connectivity index (χ0v) is 6.49. The van der Waals surface area contributed by atoms with Crippen molar-refractivity contribution in [3.8, 4) is 6.07 Å². The van der Waals surface area contributed by atoms with Crippen molar-refractivity contribution < 1.29 is 5.11 Å². The minimum Gasteiger partial charge on any atom is -0.395 e. The molecule has 0 saturated carbocycles. The summed E-state index contributed by atoms with van der Waals surface area (Å²) in [7, 11) is 0. The third kappa shape index (κ3) is 2.22. The van der Waals surface area contributed by atoms with E-state index in [1.807, 2.05) is 6.07 Å². The van der Waals surface area contributed by atoms with Gasteiger partial charge in [0, 0.05) is 12.7 Å². The fourth-order valence-electron chi connectivity index (χ4n) is 0.781. The molecule has 0 amide bonds. The number of hydrogen-bond donors (Lipinski definition) is 2. The molecule has 1 aromatic heterocycles. The molecule has 4 nitrogen and oxygen atoms in total. The van der Waals surface area contributed by atoms with Crippen LogP contribution in [-0.2, 0) is 0 Å². The van der Waals surface area contributed by atoms with Crippen molar-refractivity contribution in [1.29, 1.82) is 5.26 Å². The number of rotatable bonds is 3. The third-order valence-corrected chi connectivity index (χ3v) is 1.31. The highest BCUT2D eigenvalue weighted by Crippen LogP contribution is 2.04. The van der Waals surface area contributed by atoms with Gasteiger partial charge in [0.1, 0.15) is 5.82 Å². The number of nitrogens with one attached hydrogen (secondary N) is 1. The van der Waals surface area contributed by atoms with E-state index >= 15 is 0 Å². The summed E-state index contributed by atoms with van der Waals surface area (Å²) in [6.45, 7) is 0.500. The van der Waals surface area contributed by atoms with E-state index in [2.05, 4.69) is 10.3 Å². The molecule has 1 rings (SSSR count). The molecular formula is C8H9N3O. The van der Waals surface area contributed by atoms with Gasteiger partial charge in [0.25, 0.3) is 0 Å². The lowest BCUT2D eigenvalue weighted by molar-refractivity contribution is 0.311. The molecule has 0 aromatic carbocycles. The molecule has 0 bridgehead atoms. The van der Waals surface area contributed by atoms with E-state index in [-0.39, 0.29) is 6.61 Å². The highest BCUT2D eigenvalue weighted by molar-refractivity contribution is 5.42. The topological polar surface area (TPSA) is 68.9 Å². The first-order valence-electron chi connectivity index (χ1n) is 3.57. The standard InChI is InChI=1S/C8H9N3O/c9-6-7-1-2-10-8(5-7)11-3-4-12/h1-2,5,12H,3-4H2,(H,10,11). The molecule has 0 aliphatic carbocycles. The highest BCUT2D eigenvalue weighted by Gasteiger charge is 1.93. The summed E-state index contributed by atoms with van der Waals surface area (Å²) in [6.07, 6.45) is 1.55. The second-order valence-corrected chi connectivity index (χ2v) is 2.19. The van der Waals surface area contributed by atoms with Crippen molar-refractivity contribution in [2.24, 2.45) is 0 Å². The van der Waals surface area contributed by atoms with Gasteiger partial charge in [-0.2, -0.15) is 5.26 Å². The Balaban J connectivity index is 2.68. The average molecular weight is 163 g/mol. The van der Waals surface area contributed by atoms with Crippen LogP contribution in [0.15, 0.2) is 18.3 Å². The van der Waals surface area contributed by atoms with Gasteiger partial charge in [-0.3, -0.25) is 0 Å². The van der Waals surface area contributed by atoms with E-state index in [0.29, 0.717) is 17.9 Å². The first-order chi connectivity index (χ1) is 5.86. The number of aromatic nitrogens is 1. The third-order valence-electron chi connectivity index (χ3n) is 1.31. The summed E-state index contributed by atoms with van der Waals surface area (Å²) in [5, 5.41) is 19.9. The van der Waals surface area contributed by atoms with Gasteiger partial charge < -0.3 is 10.4 Å². The Morgan fingerprint density at radius 3 is 3.17 bits per heavy atom. The van der Waals surface area contributed by atoms with Crippen molar-refractivity contribution >= 4 is 5.82 Å². The maximum atomic E-state index is 8.53. The Morgan fingerprint density at radius 2 is 2.50 bits per heavy atom. The lowest BCUT2D eigenvalue weighted by Crippen LogP contribution is -2.06. The number of aliphatic hydroxyl groups is 1. The zero-order valence-electron chi connectivity index (χ0n) is 6.49. The van der Waals surface area contributed by atoms with Gasteiger partial charge in [-0.05, 0) is 12.1 Å². The van der Waals surface area contributed by atoms with Gasteiger partial charge in [0.05, 0.1) is 18.2 Å².